The fourth-order valence-electron chi connectivity index (χ4n) is 2.80. The third-order valence-corrected chi connectivity index (χ3v) is 5.60. The lowest BCUT2D eigenvalue weighted by Crippen LogP contribution is -2.59. The lowest BCUT2D eigenvalue weighted by molar-refractivity contribution is 0.286. The molecule has 1 aromatic carbocycles. The lowest BCUT2D eigenvalue weighted by atomic mass is 10.1. The maximum absolute atomic E-state index is 12.3. The molecule has 1 saturated heterocycles. The molecule has 0 amide bonds. The van der Waals surface area contributed by atoms with Gasteiger partial charge in [-0.05, 0) is 26.0 Å². The van der Waals surface area contributed by atoms with Gasteiger partial charge in [0.05, 0.1) is 0 Å². The van der Waals surface area contributed by atoms with E-state index >= 15 is 0 Å². The second kappa shape index (κ2) is 5.71. The summed E-state index contributed by atoms with van der Waals surface area (Å²) in [6, 6.07) is 10.5. The summed E-state index contributed by atoms with van der Waals surface area (Å²) in [5, 5.41) is 0. The molecule has 112 valence electrons. The van der Waals surface area contributed by atoms with Crippen LogP contribution in [0.1, 0.15) is 13.8 Å². The monoisotopic (exact) mass is 297 g/mol. The summed E-state index contributed by atoms with van der Waals surface area (Å²) in [7, 11) is -0.176. The first-order valence-electron chi connectivity index (χ1n) is 6.85. The molecule has 0 saturated carbocycles. The number of benzene rings is 1. The molecule has 1 aliphatic heterocycles. The van der Waals surface area contributed by atoms with Crippen molar-refractivity contribution in [1.29, 1.82) is 0 Å². The molecule has 0 spiro atoms. The average Bonchev–Trinajstić information content (AvgIpc) is 2.38. The van der Waals surface area contributed by atoms with Crippen molar-refractivity contribution in [3.8, 4) is 0 Å². The van der Waals surface area contributed by atoms with Crippen LogP contribution in [0.3, 0.4) is 0 Å². The van der Waals surface area contributed by atoms with Crippen LogP contribution in [0.25, 0.3) is 0 Å². The minimum absolute atomic E-state index is 0.149. The number of nitrogens with zero attached hydrogens (tertiary/aromatic N) is 3. The van der Waals surface area contributed by atoms with E-state index in [-0.39, 0.29) is 12.1 Å². The largest absolute Gasteiger partial charge is 0.363 e. The highest BCUT2D eigenvalue weighted by molar-refractivity contribution is 7.86. The van der Waals surface area contributed by atoms with E-state index in [2.05, 4.69) is 30.9 Å². The van der Waals surface area contributed by atoms with E-state index in [0.29, 0.717) is 13.1 Å². The van der Waals surface area contributed by atoms with Crippen molar-refractivity contribution in [1.82, 2.24) is 8.61 Å². The second-order valence-corrected chi connectivity index (χ2v) is 7.69. The minimum atomic E-state index is -3.33. The molecule has 6 heteroatoms. The number of rotatable bonds is 3. The molecule has 1 aromatic rings. The minimum Gasteiger partial charge on any atom is -0.363 e. The highest BCUT2D eigenvalue weighted by Gasteiger charge is 2.36. The van der Waals surface area contributed by atoms with Gasteiger partial charge < -0.3 is 4.90 Å². The van der Waals surface area contributed by atoms with Gasteiger partial charge in [0.25, 0.3) is 10.2 Å². The first kappa shape index (κ1) is 15.3. The number of para-hydroxylation sites is 1. The highest BCUT2D eigenvalue weighted by Crippen LogP contribution is 2.25. The van der Waals surface area contributed by atoms with Crippen molar-refractivity contribution < 1.29 is 8.42 Å². The van der Waals surface area contributed by atoms with Crippen LogP contribution in [0.5, 0.6) is 0 Å². The third kappa shape index (κ3) is 2.82. The fourth-order valence-corrected chi connectivity index (χ4v) is 4.07. The summed E-state index contributed by atoms with van der Waals surface area (Å²) in [4.78, 5) is 2.29. The van der Waals surface area contributed by atoms with Crippen molar-refractivity contribution >= 4 is 15.9 Å². The van der Waals surface area contributed by atoms with Gasteiger partial charge in [0, 0.05) is 45.0 Å². The summed E-state index contributed by atoms with van der Waals surface area (Å²) in [6.07, 6.45) is 0. The molecule has 2 unspecified atom stereocenters. The zero-order chi connectivity index (χ0) is 14.9. The number of hydrogen-bond acceptors (Lipinski definition) is 3. The Balaban J connectivity index is 2.22. The summed E-state index contributed by atoms with van der Waals surface area (Å²) in [5.41, 5.74) is 1.15. The van der Waals surface area contributed by atoms with Crippen LogP contribution >= 0.6 is 0 Å². The van der Waals surface area contributed by atoms with Gasteiger partial charge in [0.1, 0.15) is 0 Å². The molecule has 0 N–H and O–H groups in total. The summed E-state index contributed by atoms with van der Waals surface area (Å²) in [5.74, 6) is 0. The Kier molecular flexibility index (Phi) is 4.36. The molecule has 0 radical (unpaired) electrons. The van der Waals surface area contributed by atoms with Crippen molar-refractivity contribution in [2.24, 2.45) is 0 Å². The highest BCUT2D eigenvalue weighted by atomic mass is 32.2. The maximum Gasteiger partial charge on any atom is 0.281 e. The van der Waals surface area contributed by atoms with Crippen LogP contribution in [0, 0.1) is 0 Å². The van der Waals surface area contributed by atoms with E-state index in [1.165, 1.54) is 4.31 Å². The van der Waals surface area contributed by atoms with Gasteiger partial charge in [0.15, 0.2) is 0 Å². The molecule has 2 rings (SSSR count). The average molecular weight is 297 g/mol. The van der Waals surface area contributed by atoms with Gasteiger partial charge >= 0.3 is 0 Å². The molecule has 5 nitrogen and oxygen atoms in total. The normalized spacial score (nSPS) is 25.1. The fraction of sp³-hybridized carbons (Fsp3) is 0.571. The summed E-state index contributed by atoms with van der Waals surface area (Å²) in [6.45, 7) is 5.17. The zero-order valence-electron chi connectivity index (χ0n) is 12.5. The Hall–Kier alpha value is -1.11. The van der Waals surface area contributed by atoms with Crippen LogP contribution in [0.15, 0.2) is 30.3 Å². The Morgan fingerprint density at radius 3 is 2.00 bits per heavy atom. The van der Waals surface area contributed by atoms with Gasteiger partial charge in [-0.2, -0.15) is 17.0 Å². The van der Waals surface area contributed by atoms with Gasteiger partial charge in [-0.15, -0.1) is 0 Å². The number of anilines is 1. The van der Waals surface area contributed by atoms with Gasteiger partial charge in [0.2, 0.25) is 0 Å². The van der Waals surface area contributed by atoms with Crippen LogP contribution in [-0.2, 0) is 10.2 Å². The maximum atomic E-state index is 12.3. The smallest absolute Gasteiger partial charge is 0.281 e. The third-order valence-electron chi connectivity index (χ3n) is 3.73. The van der Waals surface area contributed by atoms with E-state index in [0.717, 1.165) is 5.69 Å². The van der Waals surface area contributed by atoms with Crippen molar-refractivity contribution in [3.63, 3.8) is 0 Å². The first-order valence-corrected chi connectivity index (χ1v) is 8.24. The standard InChI is InChI=1S/C14H23N3O2S/c1-12-10-16(20(18,19)15(3)4)11-13(2)17(12)14-8-6-5-7-9-14/h5-9,12-13H,10-11H2,1-4H3. The van der Waals surface area contributed by atoms with Crippen LogP contribution in [-0.4, -0.2) is 56.3 Å². The van der Waals surface area contributed by atoms with E-state index in [4.69, 9.17) is 0 Å². The summed E-state index contributed by atoms with van der Waals surface area (Å²) < 4.78 is 27.4. The van der Waals surface area contributed by atoms with Gasteiger partial charge in [-0.1, -0.05) is 18.2 Å². The molecule has 2 atom stereocenters. The Bertz CT molecular complexity index is 533. The Morgan fingerprint density at radius 2 is 1.55 bits per heavy atom. The lowest BCUT2D eigenvalue weighted by Gasteiger charge is -2.45. The van der Waals surface area contributed by atoms with Crippen LogP contribution < -0.4 is 4.90 Å². The molecule has 0 aromatic heterocycles. The van der Waals surface area contributed by atoms with E-state index in [1.807, 2.05) is 18.2 Å². The van der Waals surface area contributed by atoms with E-state index < -0.39 is 10.2 Å². The van der Waals surface area contributed by atoms with Crippen molar-refractivity contribution in [3.05, 3.63) is 30.3 Å². The predicted octanol–water partition coefficient (Wildman–Crippen LogP) is 1.39. The van der Waals surface area contributed by atoms with Gasteiger partial charge in [-0.3, -0.25) is 0 Å². The van der Waals surface area contributed by atoms with Crippen LogP contribution in [0.4, 0.5) is 5.69 Å². The van der Waals surface area contributed by atoms with Crippen LogP contribution in [0.2, 0.25) is 0 Å². The zero-order valence-corrected chi connectivity index (χ0v) is 13.3. The predicted molar refractivity (Wildman–Crippen MR) is 82.0 cm³/mol. The molecule has 1 fully saturated rings. The second-order valence-electron chi connectivity index (χ2n) is 5.55. The quantitative estimate of drug-likeness (QED) is 0.847. The summed E-state index contributed by atoms with van der Waals surface area (Å²) >= 11 is 0. The van der Waals surface area contributed by atoms with E-state index in [9.17, 15) is 8.42 Å². The Morgan fingerprint density at radius 1 is 1.05 bits per heavy atom. The van der Waals surface area contributed by atoms with E-state index in [1.54, 1.807) is 18.4 Å². The first-order chi connectivity index (χ1) is 9.34. The SMILES string of the molecule is CC1CN(S(=O)(=O)N(C)C)CC(C)N1c1ccccc1. The molecular formula is C14H23N3O2S. The molecule has 0 bridgehead atoms. The molecule has 1 aliphatic rings. The molecule has 20 heavy (non-hydrogen) atoms. The number of hydrogen-bond donors (Lipinski definition) is 0. The topological polar surface area (TPSA) is 43.9 Å². The molecule has 0 aliphatic carbocycles. The number of piperazine rings is 1. The Labute approximate surface area is 122 Å². The molecular weight excluding hydrogens is 274 g/mol. The molecule has 1 heterocycles. The van der Waals surface area contributed by atoms with Gasteiger partial charge in [-0.25, -0.2) is 0 Å². The van der Waals surface area contributed by atoms with Crippen molar-refractivity contribution in [2.45, 2.75) is 25.9 Å². The van der Waals surface area contributed by atoms with Crippen molar-refractivity contribution in [2.75, 3.05) is 32.1 Å².